The number of nitrogens with one attached hydrogen (secondary N) is 1. The zero-order valence-electron chi connectivity index (χ0n) is 20.9. The number of fused-ring (bicyclic) bond motifs is 1. The third-order valence-electron chi connectivity index (χ3n) is 7.71. The zero-order chi connectivity index (χ0) is 25.4. The molecule has 188 valence electrons. The van der Waals surface area contributed by atoms with Crippen molar-refractivity contribution in [3.8, 4) is 22.5 Å². The Labute approximate surface area is 215 Å². The van der Waals surface area contributed by atoms with Gasteiger partial charge in [-0.3, -0.25) is 14.5 Å². The van der Waals surface area contributed by atoms with E-state index in [4.69, 9.17) is 0 Å². The van der Waals surface area contributed by atoms with Gasteiger partial charge in [-0.15, -0.1) is 10.2 Å². The molecular weight excluding hydrogens is 464 g/mol. The first kappa shape index (κ1) is 23.3. The molecular formula is C29H30N6O2. The van der Waals surface area contributed by atoms with Gasteiger partial charge in [0.15, 0.2) is 0 Å². The van der Waals surface area contributed by atoms with Gasteiger partial charge in [-0.2, -0.15) is 5.21 Å². The smallest absolute Gasteiger partial charge is 0.230 e. The van der Waals surface area contributed by atoms with Gasteiger partial charge in [0.1, 0.15) is 0 Å². The molecule has 2 aliphatic rings. The van der Waals surface area contributed by atoms with Gasteiger partial charge in [-0.05, 0) is 59.7 Å². The van der Waals surface area contributed by atoms with E-state index in [0.717, 1.165) is 54.5 Å². The molecule has 2 aliphatic heterocycles. The highest BCUT2D eigenvalue weighted by Gasteiger charge is 2.40. The van der Waals surface area contributed by atoms with Crippen LogP contribution in [0.4, 0.5) is 0 Å². The number of aromatic amines is 1. The molecule has 0 saturated carbocycles. The molecule has 2 unspecified atom stereocenters. The van der Waals surface area contributed by atoms with Crippen molar-refractivity contribution in [2.24, 2.45) is 0 Å². The Hall–Kier alpha value is -4.07. The highest BCUT2D eigenvalue weighted by molar-refractivity contribution is 6.02. The lowest BCUT2D eigenvalue weighted by Crippen LogP contribution is -2.38. The van der Waals surface area contributed by atoms with Crippen molar-refractivity contribution in [1.29, 1.82) is 0 Å². The number of unbranched alkanes of at least 4 members (excludes halogenated alkanes) is 1. The van der Waals surface area contributed by atoms with Gasteiger partial charge in [0.05, 0.1) is 12.1 Å². The number of amides is 2. The molecule has 0 bridgehead atoms. The lowest BCUT2D eigenvalue weighted by Gasteiger charge is -2.37. The lowest BCUT2D eigenvalue weighted by atomic mass is 9.90. The second-order valence-electron chi connectivity index (χ2n) is 9.89. The van der Waals surface area contributed by atoms with Crippen molar-refractivity contribution < 1.29 is 9.59 Å². The van der Waals surface area contributed by atoms with E-state index in [-0.39, 0.29) is 23.9 Å². The molecule has 4 aromatic rings. The van der Waals surface area contributed by atoms with E-state index < -0.39 is 0 Å². The van der Waals surface area contributed by atoms with Crippen LogP contribution in [0.5, 0.6) is 0 Å². The Bertz CT molecular complexity index is 1410. The van der Waals surface area contributed by atoms with E-state index in [1.54, 1.807) is 0 Å². The first-order valence-corrected chi connectivity index (χ1v) is 13.1. The maximum absolute atomic E-state index is 12.6. The van der Waals surface area contributed by atoms with Crippen LogP contribution in [0.1, 0.15) is 74.5 Å². The Morgan fingerprint density at radius 3 is 2.32 bits per heavy atom. The number of tetrazole rings is 1. The number of benzene rings is 2. The number of H-pyrrole nitrogens is 1. The Kier molecular flexibility index (Phi) is 6.16. The number of aromatic nitrogens is 5. The number of imide groups is 1. The predicted octanol–water partition coefficient (Wildman–Crippen LogP) is 5.25. The summed E-state index contributed by atoms with van der Waals surface area (Å²) in [7, 11) is 0. The Morgan fingerprint density at radius 2 is 1.62 bits per heavy atom. The molecule has 0 radical (unpaired) electrons. The minimum atomic E-state index is -0.171. The summed E-state index contributed by atoms with van der Waals surface area (Å²) in [5, 5.41) is 14.6. The van der Waals surface area contributed by atoms with Gasteiger partial charge in [0.2, 0.25) is 17.6 Å². The number of carbonyl (C=O) groups is 2. The maximum atomic E-state index is 12.6. The summed E-state index contributed by atoms with van der Waals surface area (Å²) in [6.45, 7) is 2.20. The van der Waals surface area contributed by atoms with Crippen LogP contribution in [-0.4, -0.2) is 41.9 Å². The fraction of sp³-hybridized carbons (Fsp3) is 0.345. The normalized spacial score (nSPS) is 19.4. The van der Waals surface area contributed by atoms with Gasteiger partial charge >= 0.3 is 0 Å². The number of aryl methyl sites for hydroxylation is 1. The van der Waals surface area contributed by atoms with E-state index in [1.807, 2.05) is 18.2 Å². The van der Waals surface area contributed by atoms with E-state index in [0.29, 0.717) is 18.7 Å². The predicted molar refractivity (Wildman–Crippen MR) is 139 cm³/mol. The van der Waals surface area contributed by atoms with Crippen LogP contribution < -0.4 is 0 Å². The average molecular weight is 495 g/mol. The van der Waals surface area contributed by atoms with Crippen LogP contribution in [-0.2, 0) is 16.0 Å². The SMILES string of the molecule is CCCCc1ccc2n1C(c1ccc(-c3ccccc3-c3nn[nH]n3)cc1)CCC2N1C(=O)CCC1=O. The summed E-state index contributed by atoms with van der Waals surface area (Å²) in [5.41, 5.74) is 6.66. The Balaban J connectivity index is 1.35. The molecule has 1 fully saturated rings. The third-order valence-corrected chi connectivity index (χ3v) is 7.71. The van der Waals surface area contributed by atoms with Crippen LogP contribution in [0.15, 0.2) is 60.7 Å². The van der Waals surface area contributed by atoms with E-state index in [9.17, 15) is 9.59 Å². The first-order valence-electron chi connectivity index (χ1n) is 13.1. The van der Waals surface area contributed by atoms with Crippen LogP contribution in [0, 0.1) is 0 Å². The monoisotopic (exact) mass is 494 g/mol. The van der Waals surface area contributed by atoms with Gasteiger partial charge in [0, 0.05) is 29.8 Å². The van der Waals surface area contributed by atoms with Gasteiger partial charge in [-0.25, -0.2) is 0 Å². The molecule has 8 nitrogen and oxygen atoms in total. The molecule has 4 heterocycles. The number of likely N-dealkylation sites (tertiary alicyclic amines) is 1. The van der Waals surface area contributed by atoms with Crippen LogP contribution in [0.2, 0.25) is 0 Å². The summed E-state index contributed by atoms with van der Waals surface area (Å²) in [6, 6.07) is 21.1. The van der Waals surface area contributed by atoms with Gasteiger partial charge < -0.3 is 4.57 Å². The number of carbonyl (C=O) groups excluding carboxylic acids is 2. The second kappa shape index (κ2) is 9.76. The average Bonchev–Trinajstić information content (AvgIpc) is 3.68. The maximum Gasteiger partial charge on any atom is 0.230 e. The molecule has 37 heavy (non-hydrogen) atoms. The van der Waals surface area contributed by atoms with Gasteiger partial charge in [-0.1, -0.05) is 61.9 Å². The number of hydrogen-bond acceptors (Lipinski definition) is 5. The highest BCUT2D eigenvalue weighted by atomic mass is 16.2. The molecule has 2 atom stereocenters. The summed E-state index contributed by atoms with van der Waals surface area (Å²) >= 11 is 0. The lowest BCUT2D eigenvalue weighted by molar-refractivity contribution is -0.142. The van der Waals surface area contributed by atoms with Crippen molar-refractivity contribution >= 4 is 11.8 Å². The number of nitrogens with zero attached hydrogens (tertiary/aromatic N) is 5. The summed E-state index contributed by atoms with van der Waals surface area (Å²) in [5.74, 6) is 0.489. The Morgan fingerprint density at radius 1 is 0.892 bits per heavy atom. The summed E-state index contributed by atoms with van der Waals surface area (Å²) in [6.07, 6.45) is 5.52. The quantitative estimate of drug-likeness (QED) is 0.354. The molecule has 1 N–H and O–H groups in total. The number of rotatable bonds is 7. The van der Waals surface area contributed by atoms with E-state index in [2.05, 4.69) is 74.6 Å². The first-order chi connectivity index (χ1) is 18.2. The van der Waals surface area contributed by atoms with Crippen molar-refractivity contribution in [3.05, 3.63) is 77.6 Å². The van der Waals surface area contributed by atoms with Crippen molar-refractivity contribution in [1.82, 2.24) is 30.1 Å². The largest absolute Gasteiger partial charge is 0.339 e. The second-order valence-corrected chi connectivity index (χ2v) is 9.89. The van der Waals surface area contributed by atoms with Crippen LogP contribution >= 0.6 is 0 Å². The van der Waals surface area contributed by atoms with Gasteiger partial charge in [0.25, 0.3) is 0 Å². The van der Waals surface area contributed by atoms with Crippen molar-refractivity contribution in [3.63, 3.8) is 0 Å². The molecule has 2 amide bonds. The molecule has 0 aliphatic carbocycles. The van der Waals surface area contributed by atoms with Crippen LogP contribution in [0.25, 0.3) is 22.5 Å². The van der Waals surface area contributed by atoms with Crippen molar-refractivity contribution in [2.45, 2.75) is 64.0 Å². The van der Waals surface area contributed by atoms with E-state index in [1.165, 1.54) is 16.2 Å². The standard InChI is InChI=1S/C29H30N6O2/c1-2-3-6-21-13-14-25-26(35-27(36)17-18-28(35)37)16-15-24(34(21)25)20-11-9-19(10-12-20)22-7-4-5-8-23(22)29-30-32-33-31-29/h4-5,7-14,24,26H,2-3,6,15-18H2,1H3,(H,30,31,32,33). The molecule has 6 rings (SSSR count). The fourth-order valence-electron chi connectivity index (χ4n) is 5.92. The molecule has 2 aromatic carbocycles. The highest BCUT2D eigenvalue weighted by Crippen LogP contribution is 2.43. The summed E-state index contributed by atoms with van der Waals surface area (Å²) in [4.78, 5) is 26.7. The fourth-order valence-corrected chi connectivity index (χ4v) is 5.92. The van der Waals surface area contributed by atoms with Crippen molar-refractivity contribution in [2.75, 3.05) is 0 Å². The minimum absolute atomic E-state index is 0.0408. The number of hydrogen-bond donors (Lipinski definition) is 1. The van der Waals surface area contributed by atoms with E-state index >= 15 is 0 Å². The zero-order valence-corrected chi connectivity index (χ0v) is 20.9. The molecule has 1 saturated heterocycles. The minimum Gasteiger partial charge on any atom is -0.339 e. The third kappa shape index (κ3) is 4.16. The molecule has 0 spiro atoms. The molecule has 2 aromatic heterocycles. The molecule has 8 heteroatoms. The van der Waals surface area contributed by atoms with Crippen LogP contribution in [0.3, 0.4) is 0 Å². The summed E-state index contributed by atoms with van der Waals surface area (Å²) < 4.78 is 2.41. The topological polar surface area (TPSA) is 96.8 Å².